The largest absolute Gasteiger partial charge is 0.368 e. The summed E-state index contributed by atoms with van der Waals surface area (Å²) >= 11 is 0. The van der Waals surface area contributed by atoms with E-state index in [0.717, 1.165) is 0 Å². The summed E-state index contributed by atoms with van der Waals surface area (Å²) in [4.78, 5) is 37.2. The van der Waals surface area contributed by atoms with Crippen LogP contribution in [0.15, 0.2) is 0 Å². The molecular formula is C9H17N3O4. The molecule has 0 aromatic heterocycles. The van der Waals surface area contributed by atoms with E-state index in [-0.39, 0.29) is 11.8 Å². The van der Waals surface area contributed by atoms with Crippen molar-refractivity contribution in [2.45, 2.75) is 26.8 Å². The Bertz CT molecular complexity index is 278. The molecule has 0 aliphatic heterocycles. The second kappa shape index (κ2) is 6.78. The minimum absolute atomic E-state index is 0.0962. The molecule has 16 heavy (non-hydrogen) atoms. The standard InChI is InChI=1S/C9H17N3O4/c1-5(2)8(11-6(3)13)9(15)12-16-4-7(10)14/h5,8H,4H2,1-3H3,(H2,10,14)(H,11,13)(H,12,15). The monoisotopic (exact) mass is 231 g/mol. The molecule has 0 aromatic carbocycles. The number of carbonyl (C=O) groups is 3. The molecule has 0 spiro atoms. The van der Waals surface area contributed by atoms with Crippen LogP contribution >= 0.6 is 0 Å². The zero-order valence-electron chi connectivity index (χ0n) is 9.57. The summed E-state index contributed by atoms with van der Waals surface area (Å²) in [6.45, 7) is 4.45. The van der Waals surface area contributed by atoms with Gasteiger partial charge in [-0.2, -0.15) is 0 Å². The molecule has 0 radical (unpaired) electrons. The quantitative estimate of drug-likeness (QED) is 0.492. The third kappa shape index (κ3) is 5.97. The van der Waals surface area contributed by atoms with Gasteiger partial charge in [0.2, 0.25) is 11.8 Å². The maximum absolute atomic E-state index is 11.5. The lowest BCUT2D eigenvalue weighted by molar-refractivity contribution is -0.142. The van der Waals surface area contributed by atoms with Crippen LogP contribution in [0.25, 0.3) is 0 Å². The molecule has 0 saturated carbocycles. The number of nitrogens with one attached hydrogen (secondary N) is 2. The van der Waals surface area contributed by atoms with Crippen molar-refractivity contribution < 1.29 is 19.2 Å². The topological polar surface area (TPSA) is 111 Å². The van der Waals surface area contributed by atoms with Crippen LogP contribution in [0.2, 0.25) is 0 Å². The highest BCUT2D eigenvalue weighted by Gasteiger charge is 2.23. The van der Waals surface area contributed by atoms with Crippen molar-refractivity contribution in [2.24, 2.45) is 11.7 Å². The molecule has 3 amide bonds. The summed E-state index contributed by atoms with van der Waals surface area (Å²) in [6, 6.07) is -0.703. The molecule has 0 aliphatic rings. The van der Waals surface area contributed by atoms with Crippen molar-refractivity contribution in [2.75, 3.05) is 6.61 Å². The van der Waals surface area contributed by atoms with E-state index in [0.29, 0.717) is 0 Å². The molecule has 0 heterocycles. The van der Waals surface area contributed by atoms with Crippen LogP contribution in [0, 0.1) is 5.92 Å². The number of hydroxylamine groups is 1. The fourth-order valence-corrected chi connectivity index (χ4v) is 0.996. The van der Waals surface area contributed by atoms with Gasteiger partial charge in [-0.25, -0.2) is 5.48 Å². The molecule has 0 aromatic rings. The van der Waals surface area contributed by atoms with Gasteiger partial charge in [-0.3, -0.25) is 19.2 Å². The lowest BCUT2D eigenvalue weighted by Gasteiger charge is -2.20. The van der Waals surface area contributed by atoms with Crippen LogP contribution in [0.3, 0.4) is 0 Å². The SMILES string of the molecule is CC(=O)NC(C(=O)NOCC(N)=O)C(C)C. The van der Waals surface area contributed by atoms with Crippen LogP contribution in [0.5, 0.6) is 0 Å². The Labute approximate surface area is 93.7 Å². The van der Waals surface area contributed by atoms with Crippen LogP contribution in [-0.4, -0.2) is 30.4 Å². The molecule has 1 atom stereocenters. The van der Waals surface area contributed by atoms with E-state index in [1.165, 1.54) is 6.92 Å². The summed E-state index contributed by atoms with van der Waals surface area (Å²) in [5.41, 5.74) is 6.86. The molecular weight excluding hydrogens is 214 g/mol. The average molecular weight is 231 g/mol. The molecule has 0 saturated heterocycles. The van der Waals surface area contributed by atoms with Crippen molar-refractivity contribution >= 4 is 17.7 Å². The Kier molecular flexibility index (Phi) is 6.09. The molecule has 4 N–H and O–H groups in total. The van der Waals surface area contributed by atoms with E-state index >= 15 is 0 Å². The fraction of sp³-hybridized carbons (Fsp3) is 0.667. The Morgan fingerprint density at radius 1 is 1.31 bits per heavy atom. The average Bonchev–Trinajstić information content (AvgIpc) is 2.12. The van der Waals surface area contributed by atoms with Gasteiger partial charge in [0.05, 0.1) is 0 Å². The van der Waals surface area contributed by atoms with Gasteiger partial charge in [0.25, 0.3) is 5.91 Å². The highest BCUT2D eigenvalue weighted by atomic mass is 16.7. The third-order valence-corrected chi connectivity index (χ3v) is 1.70. The smallest absolute Gasteiger partial charge is 0.266 e. The molecule has 7 heteroatoms. The van der Waals surface area contributed by atoms with Gasteiger partial charge >= 0.3 is 0 Å². The van der Waals surface area contributed by atoms with E-state index in [4.69, 9.17) is 5.73 Å². The lowest BCUT2D eigenvalue weighted by atomic mass is 10.0. The molecule has 0 aliphatic carbocycles. The third-order valence-electron chi connectivity index (χ3n) is 1.70. The molecule has 0 bridgehead atoms. The van der Waals surface area contributed by atoms with Crippen LogP contribution < -0.4 is 16.5 Å². The summed E-state index contributed by atoms with van der Waals surface area (Å²) < 4.78 is 0. The van der Waals surface area contributed by atoms with E-state index in [1.807, 2.05) is 5.48 Å². The van der Waals surface area contributed by atoms with E-state index < -0.39 is 24.5 Å². The van der Waals surface area contributed by atoms with Crippen molar-refractivity contribution in [1.82, 2.24) is 10.8 Å². The van der Waals surface area contributed by atoms with E-state index in [1.54, 1.807) is 13.8 Å². The number of carbonyl (C=O) groups excluding carboxylic acids is 3. The summed E-state index contributed by atoms with van der Waals surface area (Å²) in [5, 5.41) is 2.47. The predicted molar refractivity (Wildman–Crippen MR) is 55.7 cm³/mol. The van der Waals surface area contributed by atoms with Gasteiger partial charge in [0.15, 0.2) is 6.61 Å². The molecule has 0 rings (SSSR count). The molecule has 0 fully saturated rings. The fourth-order valence-electron chi connectivity index (χ4n) is 0.996. The number of nitrogens with two attached hydrogens (primary N) is 1. The zero-order chi connectivity index (χ0) is 12.7. The Morgan fingerprint density at radius 3 is 2.25 bits per heavy atom. The summed E-state index contributed by atoms with van der Waals surface area (Å²) in [6.07, 6.45) is 0. The number of rotatable bonds is 6. The van der Waals surface area contributed by atoms with E-state index in [9.17, 15) is 14.4 Å². The first-order valence-electron chi connectivity index (χ1n) is 4.81. The highest BCUT2D eigenvalue weighted by Crippen LogP contribution is 2.01. The van der Waals surface area contributed by atoms with Crippen LogP contribution in [0.4, 0.5) is 0 Å². The number of primary amides is 1. The number of hydrogen-bond donors (Lipinski definition) is 3. The Hall–Kier alpha value is -1.63. The first-order valence-corrected chi connectivity index (χ1v) is 4.81. The molecule has 7 nitrogen and oxygen atoms in total. The normalized spacial score (nSPS) is 12.0. The lowest BCUT2D eigenvalue weighted by Crippen LogP contribution is -2.49. The minimum atomic E-state index is -0.703. The van der Waals surface area contributed by atoms with Gasteiger partial charge in [0.1, 0.15) is 6.04 Å². The maximum Gasteiger partial charge on any atom is 0.266 e. The number of hydrogen-bond acceptors (Lipinski definition) is 4. The second-order valence-electron chi connectivity index (χ2n) is 3.64. The van der Waals surface area contributed by atoms with Crippen molar-refractivity contribution in [3.05, 3.63) is 0 Å². The Balaban J connectivity index is 4.17. The van der Waals surface area contributed by atoms with Crippen molar-refractivity contribution in [3.8, 4) is 0 Å². The van der Waals surface area contributed by atoms with Gasteiger partial charge in [0, 0.05) is 6.92 Å². The van der Waals surface area contributed by atoms with Crippen LogP contribution in [-0.2, 0) is 19.2 Å². The number of amides is 3. The maximum atomic E-state index is 11.5. The van der Waals surface area contributed by atoms with E-state index in [2.05, 4.69) is 10.2 Å². The summed E-state index contributed by atoms with van der Waals surface area (Å²) in [5.74, 6) is -1.63. The first kappa shape index (κ1) is 14.4. The van der Waals surface area contributed by atoms with Gasteiger partial charge in [-0.15, -0.1) is 0 Å². The van der Waals surface area contributed by atoms with Crippen molar-refractivity contribution in [3.63, 3.8) is 0 Å². The molecule has 92 valence electrons. The van der Waals surface area contributed by atoms with Gasteiger partial charge in [-0.05, 0) is 5.92 Å². The second-order valence-corrected chi connectivity index (χ2v) is 3.64. The van der Waals surface area contributed by atoms with Crippen molar-refractivity contribution in [1.29, 1.82) is 0 Å². The summed E-state index contributed by atoms with van der Waals surface area (Å²) in [7, 11) is 0. The van der Waals surface area contributed by atoms with Gasteiger partial charge < -0.3 is 11.1 Å². The van der Waals surface area contributed by atoms with Gasteiger partial charge in [-0.1, -0.05) is 13.8 Å². The molecule has 1 unspecified atom stereocenters. The zero-order valence-corrected chi connectivity index (χ0v) is 9.57. The highest BCUT2D eigenvalue weighted by molar-refractivity contribution is 5.86. The first-order chi connectivity index (χ1) is 7.34. The predicted octanol–water partition coefficient (Wildman–Crippen LogP) is -1.32. The van der Waals surface area contributed by atoms with Crippen LogP contribution in [0.1, 0.15) is 20.8 Å². The minimum Gasteiger partial charge on any atom is -0.368 e. The Morgan fingerprint density at radius 2 is 1.88 bits per heavy atom.